The van der Waals surface area contributed by atoms with E-state index in [1.165, 1.54) is 18.2 Å². The second kappa shape index (κ2) is 8.46. The first-order valence-corrected chi connectivity index (χ1v) is 7.78. The Morgan fingerprint density at radius 3 is 2.40 bits per heavy atom. The van der Waals surface area contributed by atoms with Crippen LogP contribution in [0.25, 0.3) is 0 Å². The van der Waals surface area contributed by atoms with Gasteiger partial charge in [-0.2, -0.15) is 0 Å². The molecule has 0 saturated heterocycles. The fraction of sp³-hybridized carbons (Fsp3) is 0.529. The predicted molar refractivity (Wildman–Crippen MR) is 89.1 cm³/mol. The summed E-state index contributed by atoms with van der Waals surface area (Å²) in [6.07, 6.45) is 0. The van der Waals surface area contributed by atoms with Gasteiger partial charge >= 0.3 is 11.9 Å². The fourth-order valence-corrected chi connectivity index (χ4v) is 1.75. The maximum absolute atomic E-state index is 11.6. The number of esters is 2. The van der Waals surface area contributed by atoms with Crippen molar-refractivity contribution in [3.63, 3.8) is 0 Å². The van der Waals surface area contributed by atoms with Crippen molar-refractivity contribution >= 4 is 17.6 Å². The quantitative estimate of drug-likeness (QED) is 0.421. The number of rotatable bonds is 7. The van der Waals surface area contributed by atoms with Crippen LogP contribution in [0.15, 0.2) is 18.2 Å². The lowest BCUT2D eigenvalue weighted by molar-refractivity contribution is -0.385. The molecule has 0 bridgehead atoms. The Labute approximate surface area is 146 Å². The molecule has 25 heavy (non-hydrogen) atoms. The summed E-state index contributed by atoms with van der Waals surface area (Å²) in [6, 6.07) is 4.08. The highest BCUT2D eigenvalue weighted by molar-refractivity contribution is 5.72. The summed E-state index contributed by atoms with van der Waals surface area (Å²) in [6.45, 7) is 7.94. The normalized spacial score (nSPS) is 11.1. The zero-order valence-electron chi connectivity index (χ0n) is 15.0. The Balaban J connectivity index is 2.78. The molecule has 0 amide bonds. The van der Waals surface area contributed by atoms with Crippen LogP contribution in [0.4, 0.5) is 5.69 Å². The second-order valence-electron chi connectivity index (χ2n) is 6.69. The molecule has 0 heterocycles. The van der Waals surface area contributed by atoms with Crippen molar-refractivity contribution in [3.05, 3.63) is 33.9 Å². The van der Waals surface area contributed by atoms with Gasteiger partial charge < -0.3 is 14.2 Å². The lowest BCUT2D eigenvalue weighted by atomic mass is 10.2. The van der Waals surface area contributed by atoms with Gasteiger partial charge in [0.25, 0.3) is 5.69 Å². The second-order valence-corrected chi connectivity index (χ2v) is 6.69. The van der Waals surface area contributed by atoms with Gasteiger partial charge in [0.1, 0.15) is 18.0 Å². The van der Waals surface area contributed by atoms with Crippen LogP contribution in [-0.4, -0.2) is 29.1 Å². The number of nitrogens with zero attached hydrogens (tertiary/aromatic N) is 1. The molecule has 0 atom stereocenters. The summed E-state index contributed by atoms with van der Waals surface area (Å²) in [5.41, 5.74) is -0.654. The third-order valence-corrected chi connectivity index (χ3v) is 2.87. The summed E-state index contributed by atoms with van der Waals surface area (Å²) in [4.78, 5) is 33.7. The summed E-state index contributed by atoms with van der Waals surface area (Å²) in [5, 5.41) is 11.2. The topological polar surface area (TPSA) is 105 Å². The van der Waals surface area contributed by atoms with Gasteiger partial charge in [-0.15, -0.1) is 0 Å². The van der Waals surface area contributed by atoms with Crippen LogP contribution in [0.3, 0.4) is 0 Å². The average Bonchev–Trinajstić information content (AvgIpc) is 2.48. The highest BCUT2D eigenvalue weighted by Gasteiger charge is 2.20. The van der Waals surface area contributed by atoms with Crippen molar-refractivity contribution < 1.29 is 28.7 Å². The van der Waals surface area contributed by atoms with Gasteiger partial charge in [-0.3, -0.25) is 14.9 Å². The van der Waals surface area contributed by atoms with Gasteiger partial charge in [-0.05, 0) is 32.9 Å². The minimum Gasteiger partial charge on any atom is -0.482 e. The number of nitro groups is 1. The van der Waals surface area contributed by atoms with Crippen molar-refractivity contribution in [1.29, 1.82) is 0 Å². The molecular formula is C17H23NO7. The van der Waals surface area contributed by atoms with Gasteiger partial charge in [-0.1, -0.05) is 13.8 Å². The summed E-state index contributed by atoms with van der Waals surface area (Å²) in [7, 11) is 0. The lowest BCUT2D eigenvalue weighted by Crippen LogP contribution is -2.27. The van der Waals surface area contributed by atoms with Crippen molar-refractivity contribution in [2.75, 3.05) is 6.61 Å². The Morgan fingerprint density at radius 2 is 1.88 bits per heavy atom. The van der Waals surface area contributed by atoms with E-state index in [1.54, 1.807) is 34.6 Å². The molecule has 0 unspecified atom stereocenters. The fourth-order valence-electron chi connectivity index (χ4n) is 1.75. The van der Waals surface area contributed by atoms with E-state index in [9.17, 15) is 19.7 Å². The number of carbonyl (C=O) groups excluding carboxylic acids is 2. The Kier molecular flexibility index (Phi) is 6.90. The van der Waals surface area contributed by atoms with Crippen LogP contribution in [0.1, 0.15) is 40.2 Å². The van der Waals surface area contributed by atoms with Gasteiger partial charge in [0, 0.05) is 0 Å². The maximum atomic E-state index is 11.6. The van der Waals surface area contributed by atoms with Gasteiger partial charge in [0.15, 0.2) is 6.61 Å². The van der Waals surface area contributed by atoms with E-state index in [4.69, 9.17) is 14.2 Å². The summed E-state index contributed by atoms with van der Waals surface area (Å²) < 4.78 is 15.3. The molecule has 0 spiro atoms. The first-order valence-electron chi connectivity index (χ1n) is 7.78. The molecule has 0 aliphatic carbocycles. The Hall–Kier alpha value is -2.64. The number of benzene rings is 1. The highest BCUT2D eigenvalue weighted by atomic mass is 16.6. The van der Waals surface area contributed by atoms with Crippen LogP contribution in [-0.2, 0) is 25.7 Å². The number of carbonyl (C=O) groups is 2. The molecule has 0 aliphatic rings. The van der Waals surface area contributed by atoms with Crippen LogP contribution in [0.5, 0.6) is 5.75 Å². The number of nitro benzene ring substituents is 1. The molecule has 0 saturated carbocycles. The number of ether oxygens (including phenoxy) is 3. The van der Waals surface area contributed by atoms with Crippen LogP contribution >= 0.6 is 0 Å². The van der Waals surface area contributed by atoms with E-state index in [2.05, 4.69) is 0 Å². The van der Waals surface area contributed by atoms with Gasteiger partial charge in [-0.25, -0.2) is 4.79 Å². The molecular weight excluding hydrogens is 330 g/mol. The Morgan fingerprint density at radius 1 is 1.24 bits per heavy atom. The zero-order chi connectivity index (χ0) is 19.2. The minimum atomic E-state index is -0.642. The minimum absolute atomic E-state index is 0.150. The summed E-state index contributed by atoms with van der Waals surface area (Å²) >= 11 is 0. The van der Waals surface area contributed by atoms with Crippen molar-refractivity contribution in [3.8, 4) is 5.75 Å². The van der Waals surface area contributed by atoms with E-state index in [1.807, 2.05) is 0 Å². The number of hydrogen-bond acceptors (Lipinski definition) is 7. The highest BCUT2D eigenvalue weighted by Crippen LogP contribution is 2.26. The van der Waals surface area contributed by atoms with Crippen LogP contribution in [0.2, 0.25) is 0 Å². The van der Waals surface area contributed by atoms with Crippen molar-refractivity contribution in [2.45, 2.75) is 46.8 Å². The van der Waals surface area contributed by atoms with E-state index < -0.39 is 22.5 Å². The molecule has 0 N–H and O–H groups in total. The van der Waals surface area contributed by atoms with Crippen molar-refractivity contribution in [2.24, 2.45) is 5.92 Å². The van der Waals surface area contributed by atoms with Crippen molar-refractivity contribution in [1.82, 2.24) is 0 Å². The lowest BCUT2D eigenvalue weighted by Gasteiger charge is -2.19. The van der Waals surface area contributed by atoms with Crippen LogP contribution in [0, 0.1) is 16.0 Å². The Bertz CT molecular complexity index is 647. The smallest absolute Gasteiger partial charge is 0.344 e. The third kappa shape index (κ3) is 7.19. The van der Waals surface area contributed by atoms with E-state index in [0.29, 0.717) is 0 Å². The van der Waals surface area contributed by atoms with E-state index in [-0.39, 0.29) is 36.1 Å². The molecule has 0 aliphatic heterocycles. The third-order valence-electron chi connectivity index (χ3n) is 2.87. The maximum Gasteiger partial charge on any atom is 0.344 e. The SMILES string of the molecule is CC(C)C(=O)OCc1ccc(OCC(=O)OC(C)(C)C)cc1[N+](=O)[O-]. The molecule has 138 valence electrons. The van der Waals surface area contributed by atoms with Gasteiger partial charge in [0.05, 0.1) is 22.5 Å². The molecule has 8 heteroatoms. The largest absolute Gasteiger partial charge is 0.482 e. The number of hydrogen-bond donors (Lipinski definition) is 0. The predicted octanol–water partition coefficient (Wildman–Crippen LogP) is 3.01. The van der Waals surface area contributed by atoms with Crippen LogP contribution < -0.4 is 4.74 Å². The van der Waals surface area contributed by atoms with Gasteiger partial charge in [0.2, 0.25) is 0 Å². The molecule has 1 aromatic rings. The molecule has 0 aromatic heterocycles. The molecule has 0 radical (unpaired) electrons. The zero-order valence-corrected chi connectivity index (χ0v) is 15.0. The molecule has 1 rings (SSSR count). The standard InChI is InChI=1S/C17H23NO7/c1-11(2)16(20)24-9-12-6-7-13(8-14(12)18(21)22)23-10-15(19)25-17(3,4)5/h6-8,11H,9-10H2,1-5H3. The summed E-state index contributed by atoms with van der Waals surface area (Å²) in [5.74, 6) is -1.20. The van der Waals surface area contributed by atoms with E-state index >= 15 is 0 Å². The average molecular weight is 353 g/mol. The monoisotopic (exact) mass is 353 g/mol. The molecule has 8 nitrogen and oxygen atoms in total. The molecule has 0 fully saturated rings. The first kappa shape index (κ1) is 20.4. The van der Waals surface area contributed by atoms with E-state index in [0.717, 1.165) is 0 Å². The first-order chi connectivity index (χ1) is 11.5. The molecule has 1 aromatic carbocycles.